The van der Waals surface area contributed by atoms with Crippen molar-refractivity contribution in [2.75, 3.05) is 25.1 Å². The summed E-state index contributed by atoms with van der Waals surface area (Å²) in [4.78, 5) is 11.7. The second-order valence-electron chi connectivity index (χ2n) is 4.38. The lowest BCUT2D eigenvalue weighted by Gasteiger charge is -2.20. The summed E-state index contributed by atoms with van der Waals surface area (Å²) in [5, 5.41) is 2.77. The standard InChI is InChI=1S/C13H16BrNO4/c1-8(2)19-7-13(16)15-10-6-12-11(5-9(10)14)17-3-4-18-12/h5-6,8H,3-4,7H2,1-2H3,(H,15,16). The van der Waals surface area contributed by atoms with Crippen molar-refractivity contribution in [2.24, 2.45) is 0 Å². The van der Waals surface area contributed by atoms with Crippen molar-refractivity contribution in [1.29, 1.82) is 0 Å². The summed E-state index contributed by atoms with van der Waals surface area (Å²) < 4.78 is 16.9. The van der Waals surface area contributed by atoms with Gasteiger partial charge >= 0.3 is 0 Å². The molecule has 0 fully saturated rings. The smallest absolute Gasteiger partial charge is 0.250 e. The third-order valence-corrected chi connectivity index (χ3v) is 3.11. The van der Waals surface area contributed by atoms with Crippen LogP contribution in [0.2, 0.25) is 0 Å². The van der Waals surface area contributed by atoms with Gasteiger partial charge in [0.2, 0.25) is 5.91 Å². The van der Waals surface area contributed by atoms with Gasteiger partial charge in [0.1, 0.15) is 19.8 Å². The van der Waals surface area contributed by atoms with Crippen LogP contribution in [0.3, 0.4) is 0 Å². The molecule has 0 saturated carbocycles. The number of carbonyl (C=O) groups is 1. The lowest BCUT2D eigenvalue weighted by Crippen LogP contribution is -2.21. The Kier molecular flexibility index (Phi) is 4.66. The molecule has 2 rings (SSSR count). The number of hydrogen-bond donors (Lipinski definition) is 1. The highest BCUT2D eigenvalue weighted by Gasteiger charge is 2.16. The van der Waals surface area contributed by atoms with Crippen molar-refractivity contribution in [1.82, 2.24) is 0 Å². The van der Waals surface area contributed by atoms with Gasteiger partial charge in [-0.2, -0.15) is 0 Å². The van der Waals surface area contributed by atoms with Crippen LogP contribution in [0.25, 0.3) is 0 Å². The summed E-state index contributed by atoms with van der Waals surface area (Å²) >= 11 is 3.39. The molecule has 0 aromatic heterocycles. The Labute approximate surface area is 120 Å². The fraction of sp³-hybridized carbons (Fsp3) is 0.462. The Morgan fingerprint density at radius 3 is 2.63 bits per heavy atom. The minimum atomic E-state index is -0.203. The molecule has 0 radical (unpaired) electrons. The first-order valence-electron chi connectivity index (χ1n) is 6.07. The highest BCUT2D eigenvalue weighted by atomic mass is 79.9. The largest absolute Gasteiger partial charge is 0.486 e. The number of amides is 1. The first kappa shape index (κ1) is 14.1. The second-order valence-corrected chi connectivity index (χ2v) is 5.24. The van der Waals surface area contributed by atoms with Crippen LogP contribution in [0, 0.1) is 0 Å². The van der Waals surface area contributed by atoms with Gasteiger partial charge in [-0.25, -0.2) is 0 Å². The number of fused-ring (bicyclic) bond motifs is 1. The summed E-state index contributed by atoms with van der Waals surface area (Å²) in [5.41, 5.74) is 0.640. The van der Waals surface area contributed by atoms with Crippen LogP contribution in [0.5, 0.6) is 11.5 Å². The first-order valence-corrected chi connectivity index (χ1v) is 6.86. The summed E-state index contributed by atoms with van der Waals surface area (Å²) in [6, 6.07) is 3.53. The molecule has 0 unspecified atom stereocenters. The number of hydrogen-bond acceptors (Lipinski definition) is 4. The Hall–Kier alpha value is -1.27. The molecule has 6 heteroatoms. The van der Waals surface area contributed by atoms with Gasteiger partial charge in [-0.1, -0.05) is 0 Å². The molecule has 0 saturated heterocycles. The molecule has 1 amide bonds. The average molecular weight is 330 g/mol. The maximum absolute atomic E-state index is 11.7. The third-order valence-electron chi connectivity index (χ3n) is 2.45. The zero-order valence-corrected chi connectivity index (χ0v) is 12.5. The van der Waals surface area contributed by atoms with Crippen molar-refractivity contribution in [3.05, 3.63) is 16.6 Å². The van der Waals surface area contributed by atoms with E-state index in [2.05, 4.69) is 21.2 Å². The van der Waals surface area contributed by atoms with E-state index in [1.54, 1.807) is 12.1 Å². The van der Waals surface area contributed by atoms with Crippen LogP contribution < -0.4 is 14.8 Å². The minimum absolute atomic E-state index is 0.0226. The Morgan fingerprint density at radius 1 is 1.37 bits per heavy atom. The number of halogens is 1. The predicted octanol–water partition coefficient (Wildman–Crippen LogP) is 2.58. The van der Waals surface area contributed by atoms with Crippen LogP contribution >= 0.6 is 15.9 Å². The molecule has 19 heavy (non-hydrogen) atoms. The third kappa shape index (κ3) is 3.84. The van der Waals surface area contributed by atoms with Crippen LogP contribution in [-0.4, -0.2) is 31.8 Å². The number of benzene rings is 1. The zero-order valence-electron chi connectivity index (χ0n) is 10.9. The van der Waals surface area contributed by atoms with Gasteiger partial charge in [0.05, 0.1) is 11.8 Å². The number of nitrogens with one attached hydrogen (secondary N) is 1. The molecule has 1 aliphatic heterocycles. The summed E-state index contributed by atoms with van der Waals surface area (Å²) in [7, 11) is 0. The maximum atomic E-state index is 11.7. The molecule has 0 spiro atoms. The molecule has 0 bridgehead atoms. The van der Waals surface area contributed by atoms with Crippen molar-refractivity contribution in [2.45, 2.75) is 20.0 Å². The van der Waals surface area contributed by atoms with E-state index >= 15 is 0 Å². The van der Waals surface area contributed by atoms with E-state index in [0.29, 0.717) is 30.4 Å². The van der Waals surface area contributed by atoms with Gasteiger partial charge in [-0.3, -0.25) is 4.79 Å². The van der Waals surface area contributed by atoms with E-state index in [-0.39, 0.29) is 18.6 Å². The quantitative estimate of drug-likeness (QED) is 0.922. The number of rotatable bonds is 4. The van der Waals surface area contributed by atoms with Gasteiger partial charge < -0.3 is 19.5 Å². The van der Waals surface area contributed by atoms with Crippen LogP contribution in [0.1, 0.15) is 13.8 Å². The fourth-order valence-electron chi connectivity index (χ4n) is 1.59. The normalized spacial score (nSPS) is 13.5. The van der Waals surface area contributed by atoms with E-state index in [0.717, 1.165) is 4.47 Å². The van der Waals surface area contributed by atoms with Gasteiger partial charge in [-0.15, -0.1) is 0 Å². The van der Waals surface area contributed by atoms with E-state index < -0.39 is 0 Å². The Balaban J connectivity index is 2.05. The van der Waals surface area contributed by atoms with Crippen LogP contribution in [0.4, 0.5) is 5.69 Å². The lowest BCUT2D eigenvalue weighted by molar-refractivity contribution is -0.121. The Bertz CT molecular complexity index is 476. The van der Waals surface area contributed by atoms with Crippen molar-refractivity contribution in [3.63, 3.8) is 0 Å². The van der Waals surface area contributed by atoms with Gasteiger partial charge in [0.25, 0.3) is 0 Å². The van der Waals surface area contributed by atoms with Gasteiger partial charge in [-0.05, 0) is 29.8 Å². The fourth-order valence-corrected chi connectivity index (χ4v) is 2.01. The number of ether oxygens (including phenoxy) is 3. The zero-order chi connectivity index (χ0) is 13.8. The molecular formula is C13H16BrNO4. The van der Waals surface area contributed by atoms with Gasteiger partial charge in [0, 0.05) is 16.6 Å². The molecule has 1 aliphatic rings. The highest BCUT2D eigenvalue weighted by Crippen LogP contribution is 2.38. The van der Waals surface area contributed by atoms with Crippen LogP contribution in [0.15, 0.2) is 16.6 Å². The van der Waals surface area contributed by atoms with E-state index in [1.165, 1.54) is 0 Å². The highest BCUT2D eigenvalue weighted by molar-refractivity contribution is 9.10. The second kappa shape index (κ2) is 6.25. The van der Waals surface area contributed by atoms with Crippen molar-refractivity contribution >= 4 is 27.5 Å². The van der Waals surface area contributed by atoms with Crippen molar-refractivity contribution < 1.29 is 19.0 Å². The molecule has 5 nitrogen and oxygen atoms in total. The molecule has 0 aliphatic carbocycles. The SMILES string of the molecule is CC(C)OCC(=O)Nc1cc2c(cc1Br)OCCO2. The monoisotopic (exact) mass is 329 g/mol. The number of anilines is 1. The average Bonchev–Trinajstić information content (AvgIpc) is 2.37. The lowest BCUT2D eigenvalue weighted by atomic mass is 10.2. The minimum Gasteiger partial charge on any atom is -0.486 e. The molecule has 1 aromatic carbocycles. The van der Waals surface area contributed by atoms with Crippen molar-refractivity contribution in [3.8, 4) is 11.5 Å². The van der Waals surface area contributed by atoms with E-state index in [4.69, 9.17) is 14.2 Å². The summed E-state index contributed by atoms with van der Waals surface area (Å²) in [6.45, 7) is 4.84. The topological polar surface area (TPSA) is 56.8 Å². The summed E-state index contributed by atoms with van der Waals surface area (Å²) in [5.74, 6) is 1.11. The van der Waals surface area contributed by atoms with Crippen LogP contribution in [-0.2, 0) is 9.53 Å². The molecule has 1 N–H and O–H groups in total. The summed E-state index contributed by atoms with van der Waals surface area (Å²) in [6.07, 6.45) is 0.0226. The van der Waals surface area contributed by atoms with E-state index in [1.807, 2.05) is 13.8 Å². The number of carbonyl (C=O) groups excluding carboxylic acids is 1. The maximum Gasteiger partial charge on any atom is 0.250 e. The molecular weight excluding hydrogens is 314 g/mol. The molecule has 0 atom stereocenters. The first-order chi connectivity index (χ1) is 9.06. The predicted molar refractivity (Wildman–Crippen MR) is 74.8 cm³/mol. The van der Waals surface area contributed by atoms with E-state index in [9.17, 15) is 4.79 Å². The Morgan fingerprint density at radius 2 is 2.00 bits per heavy atom. The molecule has 104 valence electrons. The molecule has 1 heterocycles. The molecule has 1 aromatic rings. The van der Waals surface area contributed by atoms with Gasteiger partial charge in [0.15, 0.2) is 11.5 Å².